The maximum atomic E-state index is 5.94. The summed E-state index contributed by atoms with van der Waals surface area (Å²) in [6, 6.07) is 11.0. The highest BCUT2D eigenvalue weighted by Crippen LogP contribution is 2.27. The van der Waals surface area contributed by atoms with Crippen molar-refractivity contribution >= 4 is 37.2 Å². The van der Waals surface area contributed by atoms with E-state index in [0.717, 1.165) is 6.54 Å². The second-order valence-corrected chi connectivity index (χ2v) is 3.66. The number of piperidine rings is 1. The van der Waals surface area contributed by atoms with Crippen molar-refractivity contribution in [1.82, 2.24) is 5.01 Å². The molecule has 1 aliphatic rings. The molecule has 5 heteroatoms. The predicted octanol–water partition coefficient (Wildman–Crippen LogP) is 3.35. The molecule has 1 unspecified atom stereocenters. The van der Waals surface area contributed by atoms with E-state index in [2.05, 4.69) is 24.3 Å². The zero-order valence-electron chi connectivity index (χ0n) is 9.04. The Bertz CT molecular complexity index is 269. The Hall–Kier alpha value is 0.01000. The van der Waals surface area contributed by atoms with Crippen LogP contribution in [-0.2, 0) is 0 Å². The fourth-order valence-corrected chi connectivity index (χ4v) is 1.99. The highest BCUT2D eigenvalue weighted by molar-refractivity contribution is 5.86. The van der Waals surface area contributed by atoms with Crippen LogP contribution in [-0.4, -0.2) is 11.6 Å². The zero-order chi connectivity index (χ0) is 9.10. The van der Waals surface area contributed by atoms with E-state index in [4.69, 9.17) is 5.84 Å². The lowest BCUT2D eigenvalue weighted by Gasteiger charge is -2.32. The van der Waals surface area contributed by atoms with Gasteiger partial charge in [0.1, 0.15) is 0 Å². The summed E-state index contributed by atoms with van der Waals surface area (Å²) in [7, 11) is 0. The van der Waals surface area contributed by atoms with Gasteiger partial charge in [-0.05, 0) is 18.4 Å². The van der Waals surface area contributed by atoms with Crippen LogP contribution in [0.4, 0.5) is 0 Å². The Kier molecular flexibility index (Phi) is 10.4. The summed E-state index contributed by atoms with van der Waals surface area (Å²) in [4.78, 5) is 0. The molecule has 0 spiro atoms. The topological polar surface area (TPSA) is 29.3 Å². The Morgan fingerprint density at radius 2 is 1.62 bits per heavy atom. The first-order chi connectivity index (χ1) is 6.38. The quantitative estimate of drug-likeness (QED) is 0.802. The van der Waals surface area contributed by atoms with E-state index in [1.807, 2.05) is 11.1 Å². The molecule has 94 valence electrons. The summed E-state index contributed by atoms with van der Waals surface area (Å²) >= 11 is 0. The average molecular weight is 286 g/mol. The predicted molar refractivity (Wildman–Crippen MR) is 75.7 cm³/mol. The van der Waals surface area contributed by atoms with Gasteiger partial charge in [0.05, 0.1) is 0 Å². The molecule has 2 nitrogen and oxygen atoms in total. The third-order valence-corrected chi connectivity index (χ3v) is 2.73. The summed E-state index contributed by atoms with van der Waals surface area (Å²) in [5.41, 5.74) is 1.35. The minimum absolute atomic E-state index is 0. The van der Waals surface area contributed by atoms with Crippen molar-refractivity contribution in [3.05, 3.63) is 35.9 Å². The van der Waals surface area contributed by atoms with Crippen LogP contribution >= 0.6 is 37.2 Å². The van der Waals surface area contributed by atoms with Crippen LogP contribution in [0.2, 0.25) is 0 Å². The van der Waals surface area contributed by atoms with Gasteiger partial charge < -0.3 is 0 Å². The number of hydrogen-bond donors (Lipinski definition) is 1. The summed E-state index contributed by atoms with van der Waals surface area (Å²) in [6.45, 7) is 1.03. The number of nitrogens with two attached hydrogens (primary N) is 1. The van der Waals surface area contributed by atoms with Crippen LogP contribution in [0.15, 0.2) is 30.3 Å². The van der Waals surface area contributed by atoms with E-state index in [1.54, 1.807) is 0 Å². The van der Waals surface area contributed by atoms with Crippen molar-refractivity contribution in [3.63, 3.8) is 0 Å². The molecule has 1 aromatic carbocycles. The molecule has 0 aromatic heterocycles. The minimum Gasteiger partial charge on any atom is -0.268 e. The minimum atomic E-state index is 0. The largest absolute Gasteiger partial charge is 0.268 e. The molecular formula is C11H19Cl3N2. The molecular weight excluding hydrogens is 266 g/mol. The molecule has 0 aliphatic carbocycles. The molecule has 1 saturated heterocycles. The summed E-state index contributed by atoms with van der Waals surface area (Å²) in [5.74, 6) is 5.94. The summed E-state index contributed by atoms with van der Waals surface area (Å²) in [6.07, 6.45) is 3.73. The highest BCUT2D eigenvalue weighted by Gasteiger charge is 2.20. The molecule has 1 aliphatic heterocycles. The molecule has 2 rings (SSSR count). The lowest BCUT2D eigenvalue weighted by atomic mass is 9.97. The monoisotopic (exact) mass is 284 g/mol. The van der Waals surface area contributed by atoms with Crippen molar-refractivity contribution < 1.29 is 0 Å². The van der Waals surface area contributed by atoms with Gasteiger partial charge in [0.25, 0.3) is 0 Å². The summed E-state index contributed by atoms with van der Waals surface area (Å²) < 4.78 is 0. The molecule has 0 amide bonds. The van der Waals surface area contributed by atoms with E-state index in [0.29, 0.717) is 6.04 Å². The van der Waals surface area contributed by atoms with Gasteiger partial charge in [-0.1, -0.05) is 36.8 Å². The van der Waals surface area contributed by atoms with Crippen molar-refractivity contribution in [2.45, 2.75) is 25.3 Å². The first kappa shape index (κ1) is 18.4. The van der Waals surface area contributed by atoms with E-state index >= 15 is 0 Å². The molecule has 16 heavy (non-hydrogen) atoms. The standard InChI is InChI=1S/C11H16N2.3ClH/c12-13-9-5-4-8-11(13)10-6-2-1-3-7-10;;;/h1-3,6-7,11H,4-5,8-9,12H2;3*1H. The van der Waals surface area contributed by atoms with Crippen LogP contribution in [0.1, 0.15) is 30.9 Å². The van der Waals surface area contributed by atoms with Crippen molar-refractivity contribution in [2.24, 2.45) is 5.84 Å². The van der Waals surface area contributed by atoms with E-state index < -0.39 is 0 Å². The number of benzene rings is 1. The average Bonchev–Trinajstić information content (AvgIpc) is 2.20. The molecule has 0 saturated carbocycles. The third-order valence-electron chi connectivity index (χ3n) is 2.73. The first-order valence-corrected chi connectivity index (χ1v) is 4.94. The van der Waals surface area contributed by atoms with Crippen molar-refractivity contribution in [2.75, 3.05) is 6.54 Å². The van der Waals surface area contributed by atoms with Gasteiger partial charge in [0.15, 0.2) is 0 Å². The third kappa shape index (κ3) is 4.48. The number of nitrogens with zero attached hydrogens (tertiary/aromatic N) is 1. The maximum Gasteiger partial charge on any atom is 0.0490 e. The lowest BCUT2D eigenvalue weighted by molar-refractivity contribution is 0.151. The van der Waals surface area contributed by atoms with Crippen LogP contribution in [0.3, 0.4) is 0 Å². The van der Waals surface area contributed by atoms with Gasteiger partial charge >= 0.3 is 0 Å². The highest BCUT2D eigenvalue weighted by atomic mass is 35.5. The Morgan fingerprint density at radius 3 is 2.19 bits per heavy atom. The van der Waals surface area contributed by atoms with E-state index in [9.17, 15) is 0 Å². The van der Waals surface area contributed by atoms with Crippen molar-refractivity contribution in [3.8, 4) is 0 Å². The van der Waals surface area contributed by atoms with E-state index in [-0.39, 0.29) is 37.2 Å². The van der Waals surface area contributed by atoms with Gasteiger partial charge in [-0.15, -0.1) is 37.2 Å². The van der Waals surface area contributed by atoms with Gasteiger partial charge in [0.2, 0.25) is 0 Å². The first-order valence-electron chi connectivity index (χ1n) is 4.94. The van der Waals surface area contributed by atoms with Crippen LogP contribution in [0.5, 0.6) is 0 Å². The Morgan fingerprint density at radius 1 is 1.00 bits per heavy atom. The van der Waals surface area contributed by atoms with Gasteiger partial charge in [-0.2, -0.15) is 0 Å². The van der Waals surface area contributed by atoms with E-state index in [1.165, 1.54) is 24.8 Å². The Balaban J connectivity index is 0. The number of halogens is 3. The van der Waals surface area contributed by atoms with Crippen molar-refractivity contribution in [1.29, 1.82) is 0 Å². The fourth-order valence-electron chi connectivity index (χ4n) is 1.99. The van der Waals surface area contributed by atoms with Crippen LogP contribution in [0.25, 0.3) is 0 Å². The van der Waals surface area contributed by atoms with Gasteiger partial charge in [0, 0.05) is 12.6 Å². The SMILES string of the molecule is Cl.Cl.Cl.NN1CCCCC1c1ccccc1. The van der Waals surface area contributed by atoms with Crippen LogP contribution in [0, 0.1) is 0 Å². The normalized spacial score (nSPS) is 19.9. The fraction of sp³-hybridized carbons (Fsp3) is 0.455. The molecule has 0 radical (unpaired) electrons. The molecule has 1 heterocycles. The maximum absolute atomic E-state index is 5.94. The number of hydrogen-bond acceptors (Lipinski definition) is 2. The van der Waals surface area contributed by atoms with Gasteiger partial charge in [-0.25, -0.2) is 5.01 Å². The summed E-state index contributed by atoms with van der Waals surface area (Å²) in [5, 5.41) is 1.97. The molecule has 1 aromatic rings. The Labute approximate surface area is 116 Å². The van der Waals surface area contributed by atoms with Crippen LogP contribution < -0.4 is 5.84 Å². The number of hydrazine groups is 1. The second kappa shape index (κ2) is 9.08. The molecule has 2 N–H and O–H groups in total. The zero-order valence-corrected chi connectivity index (χ0v) is 11.5. The van der Waals surface area contributed by atoms with Gasteiger partial charge in [-0.3, -0.25) is 5.84 Å². The molecule has 0 bridgehead atoms. The molecule has 1 fully saturated rings. The molecule has 1 atom stereocenters. The second-order valence-electron chi connectivity index (χ2n) is 3.66. The smallest absolute Gasteiger partial charge is 0.0490 e. The lowest BCUT2D eigenvalue weighted by Crippen LogP contribution is -2.38. The number of rotatable bonds is 1.